The Labute approximate surface area is 164 Å². The molecule has 6 nitrogen and oxygen atoms in total. The average Bonchev–Trinajstić information content (AvgIpc) is 3.01. The van der Waals surface area contributed by atoms with Gasteiger partial charge in [0.1, 0.15) is 6.17 Å². The number of ether oxygens (including phenoxy) is 1. The van der Waals surface area contributed by atoms with E-state index in [1.165, 1.54) is 12.6 Å². The topological polar surface area (TPSA) is 56.8 Å². The summed E-state index contributed by atoms with van der Waals surface area (Å²) in [5, 5.41) is 7.20. The zero-order valence-electron chi connectivity index (χ0n) is 15.2. The van der Waals surface area contributed by atoms with E-state index in [4.69, 9.17) is 16.3 Å². The highest BCUT2D eigenvalue weighted by atomic mass is 35.5. The predicted octanol–water partition coefficient (Wildman–Crippen LogP) is 2.12. The molecule has 0 aromatic heterocycles. The molecule has 4 rings (SSSR count). The number of nitrogens with zero attached hydrogens (tertiary/aromatic N) is 2. The van der Waals surface area contributed by atoms with Crippen molar-refractivity contribution < 1.29 is 9.53 Å². The van der Waals surface area contributed by atoms with Gasteiger partial charge in [-0.3, -0.25) is 9.69 Å². The number of hydrogen-bond donors (Lipinski definition) is 2. The first-order valence-electron chi connectivity index (χ1n) is 9.12. The van der Waals surface area contributed by atoms with Crippen LogP contribution < -0.4 is 10.6 Å². The number of benzene rings is 1. The van der Waals surface area contributed by atoms with Gasteiger partial charge in [0.2, 0.25) is 5.91 Å². The average molecular weight is 387 g/mol. The molecule has 0 bridgehead atoms. The van der Waals surface area contributed by atoms with Crippen LogP contribution in [-0.2, 0) is 9.53 Å². The van der Waals surface area contributed by atoms with Crippen LogP contribution in [0.5, 0.6) is 0 Å². The first-order chi connectivity index (χ1) is 13.1. The second-order valence-electron chi connectivity index (χ2n) is 6.84. The van der Waals surface area contributed by atoms with Crippen molar-refractivity contribution in [1.29, 1.82) is 0 Å². The van der Waals surface area contributed by atoms with E-state index in [2.05, 4.69) is 26.5 Å². The van der Waals surface area contributed by atoms with E-state index in [-0.39, 0.29) is 12.1 Å². The van der Waals surface area contributed by atoms with Crippen LogP contribution in [0.3, 0.4) is 0 Å². The number of allylic oxidation sites excluding steroid dienone is 1. The molecule has 1 atom stereocenters. The number of carbonyl (C=O) groups is 1. The fourth-order valence-corrected chi connectivity index (χ4v) is 3.69. The number of hydrogen-bond acceptors (Lipinski definition) is 5. The molecule has 1 saturated heterocycles. The van der Waals surface area contributed by atoms with Crippen molar-refractivity contribution >= 4 is 23.2 Å². The van der Waals surface area contributed by atoms with E-state index >= 15 is 0 Å². The summed E-state index contributed by atoms with van der Waals surface area (Å²) in [5.74, 6) is -0.0758. The van der Waals surface area contributed by atoms with Crippen molar-refractivity contribution in [3.05, 3.63) is 64.6 Å². The van der Waals surface area contributed by atoms with Gasteiger partial charge in [-0.25, -0.2) is 0 Å². The normalized spacial score (nSPS) is 22.4. The Hall–Kier alpha value is -2.28. The van der Waals surface area contributed by atoms with Crippen LogP contribution in [0, 0.1) is 0 Å². The summed E-state index contributed by atoms with van der Waals surface area (Å²) < 4.78 is 5.48. The molecule has 1 amide bonds. The van der Waals surface area contributed by atoms with Gasteiger partial charge in [-0.15, -0.1) is 0 Å². The molecule has 0 radical (unpaired) electrons. The summed E-state index contributed by atoms with van der Waals surface area (Å²) in [5.41, 5.74) is 4.15. The number of rotatable bonds is 4. The molecule has 3 aliphatic heterocycles. The molecule has 2 N–H and O–H groups in total. The Balaban J connectivity index is 1.68. The van der Waals surface area contributed by atoms with Crippen molar-refractivity contribution in [3.8, 4) is 0 Å². The number of nitrogens with one attached hydrogen (secondary N) is 2. The lowest BCUT2D eigenvalue weighted by Gasteiger charge is -2.32. The van der Waals surface area contributed by atoms with E-state index in [1.807, 2.05) is 36.5 Å². The number of halogens is 1. The van der Waals surface area contributed by atoms with Gasteiger partial charge in [0, 0.05) is 37.8 Å². The predicted molar refractivity (Wildman–Crippen MR) is 105 cm³/mol. The molecule has 3 aliphatic rings. The quantitative estimate of drug-likeness (QED) is 0.830. The van der Waals surface area contributed by atoms with E-state index in [9.17, 15) is 4.79 Å². The highest BCUT2D eigenvalue weighted by molar-refractivity contribution is 6.30. The molecule has 0 spiro atoms. The zero-order chi connectivity index (χ0) is 18.8. The molecule has 27 heavy (non-hydrogen) atoms. The molecular weight excluding hydrogens is 364 g/mol. The SMILES string of the molecule is CC(=O)NC1=CN2C(CN3CCOCC3)=C(c3ccc(Cl)cc3)NC2C=C1. The first-order valence-corrected chi connectivity index (χ1v) is 9.49. The minimum Gasteiger partial charge on any atom is -0.379 e. The maximum absolute atomic E-state index is 11.5. The van der Waals surface area contributed by atoms with Crippen LogP contribution in [0.2, 0.25) is 5.02 Å². The van der Waals surface area contributed by atoms with Crippen LogP contribution >= 0.6 is 11.6 Å². The van der Waals surface area contributed by atoms with Crippen LogP contribution in [0.1, 0.15) is 12.5 Å². The second kappa shape index (κ2) is 7.76. The van der Waals surface area contributed by atoms with Crippen molar-refractivity contribution in [3.63, 3.8) is 0 Å². The molecule has 1 unspecified atom stereocenters. The Morgan fingerprint density at radius 3 is 2.74 bits per heavy atom. The highest BCUT2D eigenvalue weighted by Crippen LogP contribution is 2.32. The fraction of sp³-hybridized carbons (Fsp3) is 0.350. The van der Waals surface area contributed by atoms with E-state index in [1.54, 1.807) is 0 Å². The highest BCUT2D eigenvalue weighted by Gasteiger charge is 2.32. The zero-order valence-corrected chi connectivity index (χ0v) is 16.0. The maximum Gasteiger partial charge on any atom is 0.221 e. The van der Waals surface area contributed by atoms with Crippen molar-refractivity contribution in [2.45, 2.75) is 13.1 Å². The number of amides is 1. The third-order valence-electron chi connectivity index (χ3n) is 4.86. The summed E-state index contributed by atoms with van der Waals surface area (Å²) in [6.45, 7) is 5.66. The summed E-state index contributed by atoms with van der Waals surface area (Å²) in [4.78, 5) is 16.0. The molecule has 142 valence electrons. The molecule has 1 fully saturated rings. The monoisotopic (exact) mass is 386 g/mol. The van der Waals surface area contributed by atoms with Gasteiger partial charge in [-0.05, 0) is 29.8 Å². The van der Waals surface area contributed by atoms with E-state index < -0.39 is 0 Å². The Bertz CT molecular complexity index is 810. The third-order valence-corrected chi connectivity index (χ3v) is 5.11. The van der Waals surface area contributed by atoms with Crippen molar-refractivity contribution in [2.24, 2.45) is 0 Å². The van der Waals surface area contributed by atoms with Crippen LogP contribution in [-0.4, -0.2) is 54.7 Å². The second-order valence-corrected chi connectivity index (χ2v) is 7.27. The van der Waals surface area contributed by atoms with Gasteiger partial charge in [0.15, 0.2) is 0 Å². The summed E-state index contributed by atoms with van der Waals surface area (Å²) in [6.07, 6.45) is 6.03. The Morgan fingerprint density at radius 1 is 1.30 bits per heavy atom. The molecule has 3 heterocycles. The van der Waals surface area contributed by atoms with Crippen LogP contribution in [0.4, 0.5) is 0 Å². The lowest BCUT2D eigenvalue weighted by Crippen LogP contribution is -2.41. The third kappa shape index (κ3) is 4.03. The van der Waals surface area contributed by atoms with Crippen LogP contribution in [0.15, 0.2) is 54.0 Å². The lowest BCUT2D eigenvalue weighted by atomic mass is 10.1. The largest absolute Gasteiger partial charge is 0.379 e. The molecule has 0 saturated carbocycles. The van der Waals surface area contributed by atoms with Crippen LogP contribution in [0.25, 0.3) is 5.70 Å². The molecular formula is C20H23ClN4O2. The first kappa shape index (κ1) is 18.1. The van der Waals surface area contributed by atoms with Gasteiger partial charge >= 0.3 is 0 Å². The summed E-state index contributed by atoms with van der Waals surface area (Å²) >= 11 is 6.07. The Kier molecular flexibility index (Phi) is 5.20. The molecule has 1 aromatic rings. The van der Waals surface area contributed by atoms with Gasteiger partial charge in [0.05, 0.1) is 30.3 Å². The minimum absolute atomic E-state index is 0.0317. The summed E-state index contributed by atoms with van der Waals surface area (Å²) in [6, 6.07) is 7.88. The van der Waals surface area contributed by atoms with Gasteiger partial charge in [-0.1, -0.05) is 23.7 Å². The number of morpholine rings is 1. The maximum atomic E-state index is 11.5. The van der Waals surface area contributed by atoms with Crippen molar-refractivity contribution in [2.75, 3.05) is 32.8 Å². The standard InChI is InChI=1S/C20H23ClN4O2/c1-14(26)22-17-6-7-19-23-20(15-2-4-16(21)5-3-15)18(25(19)12-17)13-24-8-10-27-11-9-24/h2-7,12,19,23H,8-11,13H2,1H3,(H,22,26). The number of fused-ring (bicyclic) bond motifs is 1. The molecule has 7 heteroatoms. The minimum atomic E-state index is -0.0758. The van der Waals surface area contributed by atoms with Crippen molar-refractivity contribution in [1.82, 2.24) is 20.4 Å². The number of carbonyl (C=O) groups excluding carboxylic acids is 1. The molecule has 1 aromatic carbocycles. The van der Waals surface area contributed by atoms with E-state index in [0.29, 0.717) is 0 Å². The van der Waals surface area contributed by atoms with Gasteiger partial charge < -0.3 is 20.3 Å². The van der Waals surface area contributed by atoms with Gasteiger partial charge in [-0.2, -0.15) is 0 Å². The fourth-order valence-electron chi connectivity index (χ4n) is 3.56. The van der Waals surface area contributed by atoms with Gasteiger partial charge in [0.25, 0.3) is 0 Å². The lowest BCUT2D eigenvalue weighted by molar-refractivity contribution is -0.118. The summed E-state index contributed by atoms with van der Waals surface area (Å²) in [7, 11) is 0. The van der Waals surface area contributed by atoms with E-state index in [0.717, 1.165) is 54.8 Å². The smallest absolute Gasteiger partial charge is 0.221 e. The Morgan fingerprint density at radius 2 is 2.04 bits per heavy atom. The molecule has 0 aliphatic carbocycles.